The number of nitrogens with zero attached hydrogens (tertiary/aromatic N) is 5. The van der Waals surface area contributed by atoms with Crippen LogP contribution >= 0.6 is 12.4 Å². The lowest BCUT2D eigenvalue weighted by atomic mass is 9.96. The van der Waals surface area contributed by atoms with Gasteiger partial charge in [0.05, 0.1) is 24.1 Å². The summed E-state index contributed by atoms with van der Waals surface area (Å²) in [6.07, 6.45) is 8.13. The highest BCUT2D eigenvalue weighted by Crippen LogP contribution is 2.30. The van der Waals surface area contributed by atoms with Crippen molar-refractivity contribution in [3.8, 4) is 22.5 Å². The van der Waals surface area contributed by atoms with Gasteiger partial charge < -0.3 is 0 Å². The van der Waals surface area contributed by atoms with E-state index < -0.39 is 5.76 Å². The number of hydrogen-bond donors (Lipinski definition) is 1. The van der Waals surface area contributed by atoms with Gasteiger partial charge in [0.15, 0.2) is 5.82 Å². The molecule has 0 aliphatic rings. The molecule has 0 aliphatic carbocycles. The number of rotatable bonds is 9. The van der Waals surface area contributed by atoms with Crippen molar-refractivity contribution in [1.82, 2.24) is 29.7 Å². The van der Waals surface area contributed by atoms with Gasteiger partial charge in [-0.05, 0) is 36.5 Å². The second kappa shape index (κ2) is 12.4. The van der Waals surface area contributed by atoms with Crippen LogP contribution in [0.5, 0.6) is 0 Å². The lowest BCUT2D eigenvalue weighted by Crippen LogP contribution is -2.30. The zero-order chi connectivity index (χ0) is 26.5. The van der Waals surface area contributed by atoms with Crippen LogP contribution in [0.3, 0.4) is 0 Å². The van der Waals surface area contributed by atoms with Crippen molar-refractivity contribution >= 4 is 12.4 Å². The average molecular weight is 545 g/mol. The summed E-state index contributed by atoms with van der Waals surface area (Å²) in [5.41, 5.74) is 5.88. The van der Waals surface area contributed by atoms with Gasteiger partial charge in [-0.15, -0.1) is 12.4 Å². The Morgan fingerprint density at radius 2 is 1.77 bits per heavy atom. The molecular weight excluding hydrogens is 516 g/mol. The first-order chi connectivity index (χ1) is 18.5. The summed E-state index contributed by atoms with van der Waals surface area (Å²) in [5.74, 6) is 0.457. The van der Waals surface area contributed by atoms with E-state index in [1.807, 2.05) is 55.5 Å². The fourth-order valence-electron chi connectivity index (χ4n) is 4.54. The zero-order valence-electron chi connectivity index (χ0n) is 21.8. The van der Waals surface area contributed by atoms with E-state index in [4.69, 9.17) is 9.51 Å². The maximum Gasteiger partial charge on any atom is 0.439 e. The molecule has 0 amide bonds. The minimum absolute atomic E-state index is 0. The summed E-state index contributed by atoms with van der Waals surface area (Å²) >= 11 is 0. The molecule has 200 valence electrons. The van der Waals surface area contributed by atoms with E-state index in [9.17, 15) is 9.59 Å². The standard InChI is InChI=1S/C29H28N6O3.ClH/c1-3-4-9-26-25(28(36)35(19(2)32-26)18-22-17-30-14-15-31-22)16-20-10-12-21(13-11-20)23-7-5-6-8-24(23)27-33-29(37)38-34-27;/h5-8,10-15,17H,3-4,9,16,18H2,1-2H3,(H,33,34,37);1H. The fraction of sp³-hybridized carbons (Fsp3) is 0.241. The van der Waals surface area contributed by atoms with E-state index in [2.05, 4.69) is 27.0 Å². The number of H-pyrrole nitrogens is 1. The number of unbranched alkanes of at least 4 members (excludes halogenated alkanes) is 1. The van der Waals surface area contributed by atoms with Crippen molar-refractivity contribution < 1.29 is 4.52 Å². The van der Waals surface area contributed by atoms with Gasteiger partial charge >= 0.3 is 5.76 Å². The van der Waals surface area contributed by atoms with Gasteiger partial charge in [-0.25, -0.2) is 9.78 Å². The number of aromatic nitrogens is 6. The molecule has 0 radical (unpaired) electrons. The molecular formula is C29H29ClN6O3. The van der Waals surface area contributed by atoms with E-state index in [1.54, 1.807) is 23.2 Å². The highest BCUT2D eigenvalue weighted by atomic mass is 35.5. The first kappa shape index (κ1) is 27.7. The van der Waals surface area contributed by atoms with Crippen LogP contribution in [0, 0.1) is 6.92 Å². The summed E-state index contributed by atoms with van der Waals surface area (Å²) in [6.45, 7) is 4.32. The molecule has 3 heterocycles. The molecule has 0 saturated carbocycles. The molecule has 0 spiro atoms. The van der Waals surface area contributed by atoms with Crippen molar-refractivity contribution in [2.75, 3.05) is 0 Å². The van der Waals surface area contributed by atoms with Crippen molar-refractivity contribution in [2.45, 2.75) is 46.1 Å². The Morgan fingerprint density at radius 1 is 1.00 bits per heavy atom. The third-order valence-electron chi connectivity index (χ3n) is 6.51. The quantitative estimate of drug-likeness (QED) is 0.284. The Kier molecular flexibility index (Phi) is 8.83. The van der Waals surface area contributed by atoms with Crippen molar-refractivity contribution in [2.24, 2.45) is 0 Å². The summed E-state index contributed by atoms with van der Waals surface area (Å²) in [5, 5.41) is 3.84. The van der Waals surface area contributed by atoms with Crippen LogP contribution in [-0.4, -0.2) is 29.7 Å². The normalized spacial score (nSPS) is 10.8. The first-order valence-electron chi connectivity index (χ1n) is 12.6. The van der Waals surface area contributed by atoms with E-state index in [0.29, 0.717) is 35.9 Å². The Labute approximate surface area is 231 Å². The molecule has 39 heavy (non-hydrogen) atoms. The van der Waals surface area contributed by atoms with Gasteiger partial charge in [0.2, 0.25) is 0 Å². The minimum atomic E-state index is -0.597. The lowest BCUT2D eigenvalue weighted by molar-refractivity contribution is 0.388. The van der Waals surface area contributed by atoms with Crippen LogP contribution in [-0.2, 0) is 19.4 Å². The average Bonchev–Trinajstić information content (AvgIpc) is 3.38. The van der Waals surface area contributed by atoms with E-state index in [1.165, 1.54) is 0 Å². The van der Waals surface area contributed by atoms with Crippen LogP contribution in [0.25, 0.3) is 22.5 Å². The second-order valence-electron chi connectivity index (χ2n) is 9.14. The number of aryl methyl sites for hydroxylation is 2. The SMILES string of the molecule is CCCCc1nc(C)n(Cc2cnccn2)c(=O)c1Cc1ccc(-c2ccccc2-c2noc(=O)[nH]2)cc1.Cl. The van der Waals surface area contributed by atoms with Crippen LogP contribution in [0.2, 0.25) is 0 Å². The maximum absolute atomic E-state index is 13.7. The number of aromatic amines is 1. The van der Waals surface area contributed by atoms with Gasteiger partial charge in [-0.1, -0.05) is 67.0 Å². The zero-order valence-corrected chi connectivity index (χ0v) is 22.6. The molecule has 9 nitrogen and oxygen atoms in total. The van der Waals surface area contributed by atoms with Gasteiger partial charge in [-0.2, -0.15) is 0 Å². The minimum Gasteiger partial charge on any atom is -0.296 e. The first-order valence-corrected chi connectivity index (χ1v) is 12.6. The second-order valence-corrected chi connectivity index (χ2v) is 9.14. The van der Waals surface area contributed by atoms with Crippen LogP contribution in [0.1, 0.15) is 48.1 Å². The summed E-state index contributed by atoms with van der Waals surface area (Å²) in [7, 11) is 0. The number of benzene rings is 2. The monoisotopic (exact) mass is 544 g/mol. The third-order valence-corrected chi connectivity index (χ3v) is 6.51. The molecule has 2 aromatic carbocycles. The molecule has 0 unspecified atom stereocenters. The number of hydrogen-bond acceptors (Lipinski definition) is 7. The van der Waals surface area contributed by atoms with Gasteiger partial charge in [0.25, 0.3) is 5.56 Å². The molecule has 0 saturated heterocycles. The molecule has 0 atom stereocenters. The van der Waals surface area contributed by atoms with Crippen LogP contribution in [0.15, 0.2) is 81.2 Å². The van der Waals surface area contributed by atoms with E-state index in [0.717, 1.165) is 47.2 Å². The predicted octanol–water partition coefficient (Wildman–Crippen LogP) is 4.76. The highest BCUT2D eigenvalue weighted by molar-refractivity contribution is 5.85. The molecule has 10 heteroatoms. The number of nitrogens with one attached hydrogen (secondary N) is 1. The molecule has 0 bridgehead atoms. The molecule has 5 rings (SSSR count). The van der Waals surface area contributed by atoms with E-state index >= 15 is 0 Å². The third kappa shape index (κ3) is 6.21. The Balaban J connectivity index is 0.00000353. The summed E-state index contributed by atoms with van der Waals surface area (Å²) in [4.78, 5) is 41.1. The molecule has 5 aromatic rings. The Morgan fingerprint density at radius 3 is 2.44 bits per heavy atom. The van der Waals surface area contributed by atoms with Gasteiger partial charge in [0, 0.05) is 29.9 Å². The maximum atomic E-state index is 13.7. The molecule has 0 fully saturated rings. The van der Waals surface area contributed by atoms with Crippen molar-refractivity contribution in [3.05, 3.63) is 116 Å². The fourth-order valence-corrected chi connectivity index (χ4v) is 4.54. The van der Waals surface area contributed by atoms with E-state index in [-0.39, 0.29) is 18.0 Å². The van der Waals surface area contributed by atoms with Crippen LogP contribution < -0.4 is 11.3 Å². The topological polar surface area (TPSA) is 120 Å². The number of halogens is 1. The Hall–Kier alpha value is -4.37. The summed E-state index contributed by atoms with van der Waals surface area (Å²) < 4.78 is 6.37. The van der Waals surface area contributed by atoms with Crippen LogP contribution in [0.4, 0.5) is 0 Å². The predicted molar refractivity (Wildman–Crippen MR) is 151 cm³/mol. The Bertz CT molecular complexity index is 1660. The smallest absolute Gasteiger partial charge is 0.296 e. The molecule has 0 aliphatic heterocycles. The highest BCUT2D eigenvalue weighted by Gasteiger charge is 2.17. The van der Waals surface area contributed by atoms with Gasteiger partial charge in [0.1, 0.15) is 5.82 Å². The largest absolute Gasteiger partial charge is 0.439 e. The van der Waals surface area contributed by atoms with Crippen molar-refractivity contribution in [3.63, 3.8) is 0 Å². The van der Waals surface area contributed by atoms with Crippen molar-refractivity contribution in [1.29, 1.82) is 0 Å². The van der Waals surface area contributed by atoms with Gasteiger partial charge in [-0.3, -0.25) is 28.8 Å². The molecule has 3 aromatic heterocycles. The summed E-state index contributed by atoms with van der Waals surface area (Å²) in [6, 6.07) is 15.7. The molecule has 1 N–H and O–H groups in total. The lowest BCUT2D eigenvalue weighted by Gasteiger charge is -2.15.